The summed E-state index contributed by atoms with van der Waals surface area (Å²) in [5.41, 5.74) is 6.75. The quantitative estimate of drug-likeness (QED) is 0.726. The molecule has 4 N–H and O–H groups in total. The number of hydrogen-bond acceptors (Lipinski definition) is 4. The van der Waals surface area contributed by atoms with Crippen LogP contribution in [0.4, 0.5) is 15.8 Å². The van der Waals surface area contributed by atoms with Crippen LogP contribution in [0.25, 0.3) is 0 Å². The molecule has 0 spiro atoms. The molecule has 1 atom stereocenters. The van der Waals surface area contributed by atoms with Gasteiger partial charge in [-0.05, 0) is 13.8 Å². The topological polar surface area (TPSA) is 76.0 Å². The third kappa shape index (κ3) is 2.96. The number of aromatic nitrogens is 2. The van der Waals surface area contributed by atoms with Crippen molar-refractivity contribution in [2.24, 2.45) is 0 Å². The van der Waals surface area contributed by atoms with Crippen molar-refractivity contribution in [2.75, 3.05) is 17.7 Å². The van der Waals surface area contributed by atoms with Crippen molar-refractivity contribution in [3.05, 3.63) is 36.2 Å². The van der Waals surface area contributed by atoms with Crippen molar-refractivity contribution in [1.29, 1.82) is 0 Å². The smallest absolute Gasteiger partial charge is 0.167 e. The minimum absolute atomic E-state index is 0.0720. The Balaban J connectivity index is 2.22. The van der Waals surface area contributed by atoms with Crippen molar-refractivity contribution >= 4 is 11.4 Å². The number of hydrogen-bond donors (Lipinski definition) is 3. The summed E-state index contributed by atoms with van der Waals surface area (Å²) in [6.07, 6.45) is 3.42. The van der Waals surface area contributed by atoms with Crippen LogP contribution in [-0.4, -0.2) is 16.6 Å². The van der Waals surface area contributed by atoms with Gasteiger partial charge in [-0.2, -0.15) is 0 Å². The molecule has 2 rings (SSSR count). The molecule has 1 unspecified atom stereocenters. The normalized spacial score (nSPS) is 12.2. The Kier molecular flexibility index (Phi) is 3.89. The van der Waals surface area contributed by atoms with Crippen LogP contribution in [0.5, 0.6) is 5.75 Å². The van der Waals surface area contributed by atoms with E-state index >= 15 is 0 Å². The SMILES string of the molecule is CCOc1cc(NC(C)c2ncc[nH]2)c(N)cc1F. The summed E-state index contributed by atoms with van der Waals surface area (Å²) in [6.45, 7) is 4.13. The Morgan fingerprint density at radius 3 is 2.95 bits per heavy atom. The minimum atomic E-state index is -0.462. The highest BCUT2D eigenvalue weighted by Crippen LogP contribution is 2.30. The molecule has 6 heteroatoms. The van der Waals surface area contributed by atoms with Crippen molar-refractivity contribution in [2.45, 2.75) is 19.9 Å². The zero-order valence-electron chi connectivity index (χ0n) is 10.9. The number of aromatic amines is 1. The molecule has 102 valence electrons. The number of nitrogen functional groups attached to an aromatic ring is 1. The van der Waals surface area contributed by atoms with E-state index in [0.29, 0.717) is 18.0 Å². The number of benzene rings is 1. The van der Waals surface area contributed by atoms with Gasteiger partial charge in [0.25, 0.3) is 0 Å². The van der Waals surface area contributed by atoms with Crippen molar-refractivity contribution in [3.63, 3.8) is 0 Å². The van der Waals surface area contributed by atoms with Crippen molar-refractivity contribution in [3.8, 4) is 5.75 Å². The Bertz CT molecular complexity index is 542. The second kappa shape index (κ2) is 5.60. The van der Waals surface area contributed by atoms with Crippen LogP contribution in [0.2, 0.25) is 0 Å². The first-order chi connectivity index (χ1) is 9.11. The van der Waals surface area contributed by atoms with Crippen LogP contribution in [0.15, 0.2) is 24.5 Å². The van der Waals surface area contributed by atoms with Gasteiger partial charge in [0.2, 0.25) is 0 Å². The molecule has 0 radical (unpaired) electrons. The van der Waals surface area contributed by atoms with Crippen LogP contribution in [0.3, 0.4) is 0 Å². The Labute approximate surface area is 111 Å². The molecule has 0 bridgehead atoms. The van der Waals surface area contributed by atoms with Gasteiger partial charge in [-0.3, -0.25) is 0 Å². The lowest BCUT2D eigenvalue weighted by atomic mass is 10.2. The van der Waals surface area contributed by atoms with Gasteiger partial charge in [0.15, 0.2) is 11.6 Å². The molecule has 1 aromatic heterocycles. The first kappa shape index (κ1) is 13.2. The van der Waals surface area contributed by atoms with Gasteiger partial charge in [0.1, 0.15) is 5.82 Å². The second-order valence-electron chi connectivity index (χ2n) is 4.14. The molecular formula is C13H17FN4O. The van der Waals surface area contributed by atoms with Crippen molar-refractivity contribution < 1.29 is 9.13 Å². The third-order valence-corrected chi connectivity index (χ3v) is 2.71. The maximum atomic E-state index is 13.6. The van der Waals surface area contributed by atoms with E-state index in [1.165, 1.54) is 6.07 Å². The summed E-state index contributed by atoms with van der Waals surface area (Å²) in [6, 6.07) is 2.74. The lowest BCUT2D eigenvalue weighted by molar-refractivity contribution is 0.322. The van der Waals surface area contributed by atoms with E-state index in [0.717, 1.165) is 5.82 Å². The van der Waals surface area contributed by atoms with E-state index < -0.39 is 5.82 Å². The molecule has 19 heavy (non-hydrogen) atoms. The average Bonchev–Trinajstić information content (AvgIpc) is 2.89. The predicted molar refractivity (Wildman–Crippen MR) is 72.6 cm³/mol. The summed E-state index contributed by atoms with van der Waals surface area (Å²) < 4.78 is 18.8. The largest absolute Gasteiger partial charge is 0.491 e. The molecule has 0 amide bonds. The molecule has 0 fully saturated rings. The fourth-order valence-electron chi connectivity index (χ4n) is 1.78. The van der Waals surface area contributed by atoms with E-state index in [9.17, 15) is 4.39 Å². The van der Waals surface area contributed by atoms with Gasteiger partial charge in [-0.15, -0.1) is 0 Å². The average molecular weight is 264 g/mol. The number of anilines is 2. The number of H-pyrrole nitrogens is 1. The van der Waals surface area contributed by atoms with E-state index in [4.69, 9.17) is 10.5 Å². The molecular weight excluding hydrogens is 247 g/mol. The summed E-state index contributed by atoms with van der Waals surface area (Å²) in [5.74, 6) is 0.503. The van der Waals surface area contributed by atoms with Crippen molar-refractivity contribution in [1.82, 2.24) is 9.97 Å². The van der Waals surface area contributed by atoms with Gasteiger partial charge in [-0.25, -0.2) is 9.37 Å². The molecule has 0 saturated heterocycles. The number of nitrogens with two attached hydrogens (primary N) is 1. The fraction of sp³-hybridized carbons (Fsp3) is 0.308. The highest BCUT2D eigenvalue weighted by Gasteiger charge is 2.13. The number of ether oxygens (including phenoxy) is 1. The molecule has 1 heterocycles. The van der Waals surface area contributed by atoms with Gasteiger partial charge in [0.05, 0.1) is 24.0 Å². The van der Waals surface area contributed by atoms with Gasteiger partial charge < -0.3 is 20.8 Å². The van der Waals surface area contributed by atoms with Crippen LogP contribution in [0, 0.1) is 5.82 Å². The lowest BCUT2D eigenvalue weighted by Crippen LogP contribution is -2.10. The number of imidazole rings is 1. The highest BCUT2D eigenvalue weighted by molar-refractivity contribution is 5.69. The maximum Gasteiger partial charge on any atom is 0.167 e. The molecule has 0 aliphatic carbocycles. The molecule has 1 aromatic carbocycles. The first-order valence-electron chi connectivity index (χ1n) is 6.09. The molecule has 0 saturated carbocycles. The summed E-state index contributed by atoms with van der Waals surface area (Å²) in [5, 5.41) is 3.17. The predicted octanol–water partition coefficient (Wildman–Crippen LogP) is 2.70. The van der Waals surface area contributed by atoms with Gasteiger partial charge in [0, 0.05) is 24.5 Å². The molecule has 2 aromatic rings. The van der Waals surface area contributed by atoms with E-state index in [-0.39, 0.29) is 11.8 Å². The highest BCUT2D eigenvalue weighted by atomic mass is 19.1. The van der Waals surface area contributed by atoms with E-state index in [1.807, 2.05) is 6.92 Å². The molecule has 0 aliphatic rings. The van der Waals surface area contributed by atoms with Crippen LogP contribution >= 0.6 is 0 Å². The lowest BCUT2D eigenvalue weighted by Gasteiger charge is -2.16. The monoisotopic (exact) mass is 264 g/mol. The van der Waals surface area contributed by atoms with Gasteiger partial charge in [-0.1, -0.05) is 0 Å². The zero-order valence-corrected chi connectivity index (χ0v) is 10.9. The van der Waals surface area contributed by atoms with Gasteiger partial charge >= 0.3 is 0 Å². The summed E-state index contributed by atoms with van der Waals surface area (Å²) in [7, 11) is 0. The Hall–Kier alpha value is -2.24. The second-order valence-corrected chi connectivity index (χ2v) is 4.14. The standard InChI is InChI=1S/C13H17FN4O/c1-3-19-12-7-11(10(15)6-9(12)14)18-8(2)13-16-4-5-17-13/h4-8,18H,3,15H2,1-2H3,(H,16,17). The number of nitrogens with zero attached hydrogens (tertiary/aromatic N) is 1. The van der Waals surface area contributed by atoms with Crippen LogP contribution < -0.4 is 15.8 Å². The van der Waals surface area contributed by atoms with Crippen LogP contribution in [0.1, 0.15) is 25.7 Å². The number of rotatable bonds is 5. The maximum absolute atomic E-state index is 13.6. The number of halogens is 1. The Morgan fingerprint density at radius 2 is 2.32 bits per heavy atom. The first-order valence-corrected chi connectivity index (χ1v) is 6.09. The summed E-state index contributed by atoms with van der Waals surface area (Å²) in [4.78, 5) is 7.16. The molecule has 0 aliphatic heterocycles. The number of nitrogens with one attached hydrogen (secondary N) is 2. The van der Waals surface area contributed by atoms with Crippen LogP contribution in [-0.2, 0) is 0 Å². The zero-order chi connectivity index (χ0) is 13.8. The minimum Gasteiger partial charge on any atom is -0.491 e. The third-order valence-electron chi connectivity index (χ3n) is 2.71. The van der Waals surface area contributed by atoms with E-state index in [2.05, 4.69) is 15.3 Å². The van der Waals surface area contributed by atoms with E-state index in [1.54, 1.807) is 25.4 Å². The Morgan fingerprint density at radius 1 is 1.53 bits per heavy atom. The summed E-state index contributed by atoms with van der Waals surface area (Å²) >= 11 is 0. The molecule has 5 nitrogen and oxygen atoms in total. The fourth-order valence-corrected chi connectivity index (χ4v) is 1.78.